The number of aromatic nitrogens is 2. The van der Waals surface area contributed by atoms with Gasteiger partial charge in [0.25, 0.3) is 11.4 Å². The Morgan fingerprint density at radius 1 is 0.681 bits per heavy atom. The molecule has 0 radical (unpaired) electrons. The van der Waals surface area contributed by atoms with E-state index >= 15 is 17.6 Å². The number of hydrogen-bond donors (Lipinski definition) is 0. The van der Waals surface area contributed by atoms with Gasteiger partial charge in [-0.05, 0) is 43.2 Å². The zero-order chi connectivity index (χ0) is 33.6. The maximum Gasteiger partial charge on any atom is 0.288 e. The Hall–Kier alpha value is -4.76. The number of hydrogen-bond acceptors (Lipinski definition) is 9. The molecule has 1 aromatic heterocycles. The summed E-state index contributed by atoms with van der Waals surface area (Å²) in [7, 11) is 0. The summed E-state index contributed by atoms with van der Waals surface area (Å²) in [6.45, 7) is 1.23. The molecule has 11 nitrogen and oxygen atoms in total. The second-order valence-corrected chi connectivity index (χ2v) is 11.8. The fourth-order valence-electron chi connectivity index (χ4n) is 6.27. The first kappa shape index (κ1) is 32.2. The van der Waals surface area contributed by atoms with Gasteiger partial charge in [-0.3, -0.25) is 20.2 Å². The lowest BCUT2D eigenvalue weighted by Crippen LogP contribution is -2.47. The molecule has 47 heavy (non-hydrogen) atoms. The fraction of sp³-hybridized carbons (Fsp3) is 0.267. The fourth-order valence-corrected chi connectivity index (χ4v) is 6.71. The van der Waals surface area contributed by atoms with Crippen LogP contribution < -0.4 is 14.7 Å². The molecule has 0 saturated carbocycles. The van der Waals surface area contributed by atoms with Gasteiger partial charge in [0, 0.05) is 67.5 Å². The molecule has 3 heterocycles. The highest BCUT2D eigenvalue weighted by Crippen LogP contribution is 2.50. The zero-order valence-corrected chi connectivity index (χ0v) is 25.6. The van der Waals surface area contributed by atoms with Crippen molar-refractivity contribution in [3.05, 3.63) is 120 Å². The number of rotatable bonds is 7. The van der Waals surface area contributed by atoms with Gasteiger partial charge in [-0.2, -0.15) is 0 Å². The summed E-state index contributed by atoms with van der Waals surface area (Å²) in [4.78, 5) is 34.8. The van der Waals surface area contributed by atoms with Crippen LogP contribution in [0.1, 0.15) is 36.1 Å². The van der Waals surface area contributed by atoms with E-state index in [1.807, 2.05) is 4.90 Å². The van der Waals surface area contributed by atoms with Crippen LogP contribution in [0.3, 0.4) is 0 Å². The quantitative estimate of drug-likeness (QED) is 0.110. The van der Waals surface area contributed by atoms with Crippen molar-refractivity contribution in [2.75, 3.05) is 40.9 Å². The summed E-state index contributed by atoms with van der Waals surface area (Å²) in [6, 6.07) is 4.87. The largest absolute Gasteiger partial charge is 0.363 e. The third-order valence-corrected chi connectivity index (χ3v) is 8.96. The third-order valence-electron chi connectivity index (χ3n) is 8.36. The highest BCUT2D eigenvalue weighted by Gasteiger charge is 2.41. The van der Waals surface area contributed by atoms with Crippen LogP contribution in [-0.4, -0.2) is 46.0 Å². The zero-order valence-electron chi connectivity index (χ0n) is 24.1. The number of nitro benzene ring substituents is 2. The van der Waals surface area contributed by atoms with Gasteiger partial charge in [0.15, 0.2) is 11.6 Å². The number of halogens is 6. The second-order valence-electron chi connectivity index (χ2n) is 11.0. The molecule has 6 rings (SSSR count). The maximum atomic E-state index is 15.9. The van der Waals surface area contributed by atoms with Crippen LogP contribution in [0.2, 0.25) is 10.0 Å². The smallest absolute Gasteiger partial charge is 0.288 e. The number of piperazine rings is 1. The van der Waals surface area contributed by atoms with Crippen LogP contribution in [0, 0.1) is 43.5 Å². The van der Waals surface area contributed by atoms with Crippen molar-refractivity contribution < 1.29 is 27.4 Å². The van der Waals surface area contributed by atoms with Gasteiger partial charge in [-0.25, -0.2) is 27.5 Å². The lowest BCUT2D eigenvalue weighted by Gasteiger charge is -2.37. The van der Waals surface area contributed by atoms with Crippen LogP contribution in [-0.2, 0) is 0 Å². The van der Waals surface area contributed by atoms with Gasteiger partial charge in [0.2, 0.25) is 5.95 Å². The van der Waals surface area contributed by atoms with E-state index in [2.05, 4.69) is 9.97 Å². The van der Waals surface area contributed by atoms with Crippen molar-refractivity contribution in [1.29, 1.82) is 0 Å². The van der Waals surface area contributed by atoms with Gasteiger partial charge >= 0.3 is 0 Å². The summed E-state index contributed by atoms with van der Waals surface area (Å²) >= 11 is 11.8. The van der Waals surface area contributed by atoms with Crippen molar-refractivity contribution in [3.63, 3.8) is 0 Å². The number of benzene rings is 3. The highest BCUT2D eigenvalue weighted by atomic mass is 35.5. The van der Waals surface area contributed by atoms with E-state index < -0.39 is 66.6 Å². The van der Waals surface area contributed by atoms with E-state index in [0.29, 0.717) is 19.0 Å². The normalized spacial score (nSPS) is 18.1. The van der Waals surface area contributed by atoms with Crippen molar-refractivity contribution >= 4 is 51.9 Å². The monoisotopic (exact) mass is 691 g/mol. The SMILES string of the molecule is O=[N+]([O-])c1cc(C2CCC(c3cc([N+](=O)[O-])c(Cl)cc3F)N2c2cc(F)c(N3CCN(c4ncccn4)CC3)c(F)c2)c(F)cc1Cl. The summed E-state index contributed by atoms with van der Waals surface area (Å²) in [5.74, 6) is -3.30. The molecule has 0 N–H and O–H groups in total. The summed E-state index contributed by atoms with van der Waals surface area (Å²) in [5, 5.41) is 22.4. The molecule has 2 aliphatic heterocycles. The molecule has 244 valence electrons. The second kappa shape index (κ2) is 12.8. The first-order valence-corrected chi connectivity index (χ1v) is 15.0. The van der Waals surface area contributed by atoms with E-state index in [1.165, 1.54) is 9.80 Å². The lowest BCUT2D eigenvalue weighted by atomic mass is 10.0. The maximum absolute atomic E-state index is 15.9. The molecule has 17 heteroatoms. The Morgan fingerprint density at radius 3 is 1.57 bits per heavy atom. The van der Waals surface area contributed by atoms with Crippen LogP contribution in [0.4, 0.5) is 46.3 Å². The molecule has 0 spiro atoms. The summed E-state index contributed by atoms with van der Waals surface area (Å²) < 4.78 is 62.7. The standard InChI is InChI=1S/C30H23Cl2F4N7O4/c31-19-14-21(33)17(12-27(19)42(44)45)25-2-3-26(18-13-28(43(46)47)20(32)15-22(18)34)41(25)16-10-23(35)29(24(36)11-16)39-6-8-40(9-7-39)30-37-4-1-5-38-30/h1,4-5,10-15,25-26H,2-3,6-9H2. The van der Waals surface area contributed by atoms with Crippen LogP contribution in [0.25, 0.3) is 0 Å². The molecule has 2 unspecified atom stereocenters. The minimum Gasteiger partial charge on any atom is -0.363 e. The van der Waals surface area contributed by atoms with Crippen molar-refractivity contribution in [1.82, 2.24) is 9.97 Å². The van der Waals surface area contributed by atoms with Gasteiger partial charge in [-0.15, -0.1) is 0 Å². The highest BCUT2D eigenvalue weighted by molar-refractivity contribution is 6.33. The average Bonchev–Trinajstić information content (AvgIpc) is 3.46. The summed E-state index contributed by atoms with van der Waals surface area (Å²) in [5.41, 5.74) is -2.11. The first-order valence-electron chi connectivity index (χ1n) is 14.3. The molecule has 0 aliphatic carbocycles. The minimum absolute atomic E-state index is 0.0325. The first-order chi connectivity index (χ1) is 22.4. The Labute approximate surface area is 274 Å². The van der Waals surface area contributed by atoms with Gasteiger partial charge in [0.05, 0.1) is 21.9 Å². The van der Waals surface area contributed by atoms with E-state index in [4.69, 9.17) is 23.2 Å². The third kappa shape index (κ3) is 6.07. The molecular formula is C30H23Cl2F4N7O4. The molecule has 0 bridgehead atoms. The van der Waals surface area contributed by atoms with Crippen molar-refractivity contribution in [3.8, 4) is 0 Å². The molecule has 0 amide bonds. The Balaban J connectivity index is 1.41. The topological polar surface area (TPSA) is 122 Å². The Morgan fingerprint density at radius 2 is 1.13 bits per heavy atom. The molecule has 3 aromatic carbocycles. The lowest BCUT2D eigenvalue weighted by molar-refractivity contribution is -0.384. The van der Waals surface area contributed by atoms with Gasteiger partial charge in [0.1, 0.15) is 27.4 Å². The van der Waals surface area contributed by atoms with E-state index in [9.17, 15) is 20.2 Å². The van der Waals surface area contributed by atoms with Crippen molar-refractivity contribution in [2.45, 2.75) is 24.9 Å². The predicted octanol–water partition coefficient (Wildman–Crippen LogP) is 7.57. The van der Waals surface area contributed by atoms with Gasteiger partial charge < -0.3 is 14.7 Å². The summed E-state index contributed by atoms with van der Waals surface area (Å²) in [6.07, 6.45) is 3.25. The minimum atomic E-state index is -1.11. The average molecular weight is 692 g/mol. The number of nitrogens with zero attached hydrogens (tertiary/aromatic N) is 7. The number of anilines is 3. The Bertz CT molecular complexity index is 1780. The molecular weight excluding hydrogens is 669 g/mol. The van der Waals surface area contributed by atoms with Crippen LogP contribution in [0.15, 0.2) is 54.9 Å². The molecule has 4 aromatic rings. The van der Waals surface area contributed by atoms with Crippen molar-refractivity contribution in [2.24, 2.45) is 0 Å². The van der Waals surface area contributed by atoms with E-state index in [-0.39, 0.29) is 48.4 Å². The molecule has 2 aliphatic rings. The van der Waals surface area contributed by atoms with Crippen LogP contribution in [0.5, 0.6) is 0 Å². The van der Waals surface area contributed by atoms with E-state index in [1.54, 1.807) is 18.5 Å². The van der Waals surface area contributed by atoms with E-state index in [0.717, 1.165) is 36.4 Å². The molecule has 2 atom stereocenters. The molecule has 2 fully saturated rings. The Kier molecular flexibility index (Phi) is 8.76. The number of nitro groups is 2. The predicted molar refractivity (Wildman–Crippen MR) is 166 cm³/mol. The van der Waals surface area contributed by atoms with Crippen LogP contribution >= 0.6 is 23.2 Å². The van der Waals surface area contributed by atoms with Gasteiger partial charge in [-0.1, -0.05) is 23.2 Å². The molecule has 2 saturated heterocycles.